The van der Waals surface area contributed by atoms with Crippen LogP contribution in [0.3, 0.4) is 0 Å². The molecule has 6 nitrogen and oxygen atoms in total. The molecule has 0 saturated heterocycles. The van der Waals surface area contributed by atoms with Gasteiger partial charge in [-0.25, -0.2) is 0 Å². The molecule has 1 N–H and O–H groups in total. The zero-order valence-corrected chi connectivity index (χ0v) is 18.4. The number of carbonyl (C=O) groups excluding carboxylic acids is 2. The Morgan fingerprint density at radius 3 is 2.50 bits per heavy atom. The highest BCUT2D eigenvalue weighted by molar-refractivity contribution is 6.36. The van der Waals surface area contributed by atoms with Gasteiger partial charge in [-0.2, -0.15) is 0 Å². The van der Waals surface area contributed by atoms with Crippen LogP contribution >= 0.6 is 0 Å². The molecule has 4 rings (SSSR count). The van der Waals surface area contributed by atoms with Crippen molar-refractivity contribution < 1.29 is 14.3 Å². The summed E-state index contributed by atoms with van der Waals surface area (Å²) in [5.74, 6) is -0.0928. The number of nitrogens with one attached hydrogen (secondary N) is 1. The summed E-state index contributed by atoms with van der Waals surface area (Å²) in [5, 5.41) is 3.20. The van der Waals surface area contributed by atoms with E-state index < -0.39 is 0 Å². The van der Waals surface area contributed by atoms with E-state index in [1.54, 1.807) is 18.5 Å². The van der Waals surface area contributed by atoms with Crippen LogP contribution < -0.4 is 10.1 Å². The molecule has 1 aliphatic heterocycles. The molecule has 2 amide bonds. The van der Waals surface area contributed by atoms with Crippen molar-refractivity contribution in [1.29, 1.82) is 0 Å². The standard InChI is InChI=1S/C26H25N3O3/c1-4-32-22-10-6-5-9-21(22)28-24-23(20-12-11-17(2)18(3)14-20)25(30)29(26(24)31)16-19-8-7-13-27-15-19/h5-15,28H,4,16H2,1-3H3. The second-order valence-corrected chi connectivity index (χ2v) is 7.66. The van der Waals surface area contributed by atoms with Crippen LogP contribution in [-0.4, -0.2) is 28.3 Å². The van der Waals surface area contributed by atoms with Gasteiger partial charge in [0.15, 0.2) is 0 Å². The monoisotopic (exact) mass is 427 g/mol. The molecule has 6 heteroatoms. The molecule has 1 aromatic heterocycles. The molecule has 2 heterocycles. The van der Waals surface area contributed by atoms with E-state index in [2.05, 4.69) is 10.3 Å². The minimum Gasteiger partial charge on any atom is -0.492 e. The van der Waals surface area contributed by atoms with Gasteiger partial charge in [-0.1, -0.05) is 36.4 Å². The number of hydrogen-bond donors (Lipinski definition) is 1. The van der Waals surface area contributed by atoms with Crippen molar-refractivity contribution in [1.82, 2.24) is 9.88 Å². The number of aromatic nitrogens is 1. The summed E-state index contributed by atoms with van der Waals surface area (Å²) < 4.78 is 5.70. The molecular weight excluding hydrogens is 402 g/mol. The second-order valence-electron chi connectivity index (χ2n) is 7.66. The van der Waals surface area contributed by atoms with Crippen LogP contribution in [-0.2, 0) is 16.1 Å². The molecule has 0 radical (unpaired) electrons. The number of nitrogens with zero attached hydrogens (tertiary/aromatic N) is 2. The maximum absolute atomic E-state index is 13.5. The third-order valence-corrected chi connectivity index (χ3v) is 5.47. The fraction of sp³-hybridized carbons (Fsp3) is 0.192. The first-order valence-electron chi connectivity index (χ1n) is 10.6. The van der Waals surface area contributed by atoms with Crippen molar-refractivity contribution in [2.75, 3.05) is 11.9 Å². The fourth-order valence-electron chi connectivity index (χ4n) is 3.66. The molecule has 0 atom stereocenters. The van der Waals surface area contributed by atoms with E-state index in [0.717, 1.165) is 16.7 Å². The Balaban J connectivity index is 1.78. The van der Waals surface area contributed by atoms with Gasteiger partial charge in [0.2, 0.25) is 0 Å². The van der Waals surface area contributed by atoms with Gasteiger partial charge in [-0.05, 0) is 61.2 Å². The number of benzene rings is 2. The summed E-state index contributed by atoms with van der Waals surface area (Å²) in [6.45, 7) is 6.54. The number of aryl methyl sites for hydroxylation is 2. The van der Waals surface area contributed by atoms with E-state index in [-0.39, 0.29) is 24.1 Å². The predicted octanol–water partition coefficient (Wildman–Crippen LogP) is 4.49. The summed E-state index contributed by atoms with van der Waals surface area (Å²) in [4.78, 5) is 32.3. The number of anilines is 1. The highest BCUT2D eigenvalue weighted by Crippen LogP contribution is 2.34. The summed E-state index contributed by atoms with van der Waals surface area (Å²) in [6.07, 6.45) is 3.32. The minimum absolute atomic E-state index is 0.151. The van der Waals surface area contributed by atoms with E-state index in [4.69, 9.17) is 4.74 Å². The van der Waals surface area contributed by atoms with Crippen LogP contribution in [0.4, 0.5) is 5.69 Å². The molecule has 0 spiro atoms. The second kappa shape index (κ2) is 9.06. The van der Waals surface area contributed by atoms with Crippen molar-refractivity contribution in [3.63, 3.8) is 0 Å². The maximum atomic E-state index is 13.5. The molecule has 32 heavy (non-hydrogen) atoms. The van der Waals surface area contributed by atoms with Crippen LogP contribution in [0.1, 0.15) is 29.2 Å². The third-order valence-electron chi connectivity index (χ3n) is 5.47. The molecule has 0 aliphatic carbocycles. The number of amides is 2. The van der Waals surface area contributed by atoms with Crippen LogP contribution in [0.2, 0.25) is 0 Å². The van der Waals surface area contributed by atoms with E-state index in [1.807, 2.05) is 69.3 Å². The molecule has 1 aliphatic rings. The molecule has 0 fully saturated rings. The zero-order valence-electron chi connectivity index (χ0n) is 18.4. The van der Waals surface area contributed by atoms with Crippen LogP contribution in [0.25, 0.3) is 5.57 Å². The van der Waals surface area contributed by atoms with Crippen molar-refractivity contribution in [3.05, 3.63) is 94.9 Å². The number of ether oxygens (including phenoxy) is 1. The Labute approximate surface area is 187 Å². The summed E-state index contributed by atoms with van der Waals surface area (Å²) in [5.41, 5.74) is 4.89. The quantitative estimate of drug-likeness (QED) is 0.563. The number of imide groups is 1. The fourth-order valence-corrected chi connectivity index (χ4v) is 3.66. The topological polar surface area (TPSA) is 71.5 Å². The first-order chi connectivity index (χ1) is 15.5. The van der Waals surface area contributed by atoms with Crippen LogP contribution in [0.15, 0.2) is 72.7 Å². The number of para-hydroxylation sites is 2. The number of hydrogen-bond acceptors (Lipinski definition) is 5. The van der Waals surface area contributed by atoms with E-state index in [9.17, 15) is 9.59 Å². The first-order valence-corrected chi connectivity index (χ1v) is 10.6. The normalized spacial score (nSPS) is 13.7. The lowest BCUT2D eigenvalue weighted by atomic mass is 9.99. The molecule has 0 saturated carbocycles. The lowest BCUT2D eigenvalue weighted by Gasteiger charge is -2.16. The van der Waals surface area contributed by atoms with Crippen molar-refractivity contribution in [3.8, 4) is 5.75 Å². The Bertz CT molecular complexity index is 1200. The Morgan fingerprint density at radius 2 is 1.78 bits per heavy atom. The zero-order chi connectivity index (χ0) is 22.7. The van der Waals surface area contributed by atoms with Crippen molar-refractivity contribution >= 4 is 23.1 Å². The molecular formula is C26H25N3O3. The Hall–Kier alpha value is -3.93. The lowest BCUT2D eigenvalue weighted by molar-refractivity contribution is -0.137. The number of pyridine rings is 1. The van der Waals surface area contributed by atoms with Gasteiger partial charge in [0.25, 0.3) is 11.8 Å². The largest absolute Gasteiger partial charge is 0.492 e. The van der Waals surface area contributed by atoms with Gasteiger partial charge in [-0.15, -0.1) is 0 Å². The minimum atomic E-state index is -0.376. The van der Waals surface area contributed by atoms with Gasteiger partial charge in [0.05, 0.1) is 24.4 Å². The molecule has 162 valence electrons. The van der Waals surface area contributed by atoms with Crippen molar-refractivity contribution in [2.45, 2.75) is 27.3 Å². The van der Waals surface area contributed by atoms with E-state index >= 15 is 0 Å². The van der Waals surface area contributed by atoms with E-state index in [1.165, 1.54) is 4.90 Å². The highest BCUT2D eigenvalue weighted by Gasteiger charge is 2.39. The highest BCUT2D eigenvalue weighted by atomic mass is 16.5. The van der Waals surface area contributed by atoms with Crippen LogP contribution in [0, 0.1) is 13.8 Å². The van der Waals surface area contributed by atoms with Gasteiger partial charge < -0.3 is 10.1 Å². The Kier molecular flexibility index (Phi) is 6.03. The van der Waals surface area contributed by atoms with Gasteiger partial charge in [-0.3, -0.25) is 19.5 Å². The number of carbonyl (C=O) groups is 2. The molecule has 0 unspecified atom stereocenters. The average molecular weight is 428 g/mol. The predicted molar refractivity (Wildman–Crippen MR) is 124 cm³/mol. The summed E-state index contributed by atoms with van der Waals surface area (Å²) in [6, 6.07) is 16.8. The lowest BCUT2D eigenvalue weighted by Crippen LogP contribution is -2.32. The van der Waals surface area contributed by atoms with Gasteiger partial charge in [0, 0.05) is 12.4 Å². The summed E-state index contributed by atoms with van der Waals surface area (Å²) in [7, 11) is 0. The molecule has 3 aromatic rings. The third kappa shape index (κ3) is 4.12. The van der Waals surface area contributed by atoms with Gasteiger partial charge in [0.1, 0.15) is 11.4 Å². The van der Waals surface area contributed by atoms with Crippen LogP contribution in [0.5, 0.6) is 5.75 Å². The first kappa shape index (κ1) is 21.3. The maximum Gasteiger partial charge on any atom is 0.278 e. The van der Waals surface area contributed by atoms with E-state index in [0.29, 0.717) is 29.2 Å². The van der Waals surface area contributed by atoms with Gasteiger partial charge >= 0.3 is 0 Å². The number of rotatable bonds is 7. The smallest absolute Gasteiger partial charge is 0.278 e. The van der Waals surface area contributed by atoms with Crippen molar-refractivity contribution in [2.24, 2.45) is 0 Å². The SMILES string of the molecule is CCOc1ccccc1NC1=C(c2ccc(C)c(C)c2)C(=O)N(Cc2cccnc2)C1=O. The Morgan fingerprint density at radius 1 is 0.969 bits per heavy atom. The average Bonchev–Trinajstić information content (AvgIpc) is 3.02. The molecule has 2 aromatic carbocycles. The molecule has 0 bridgehead atoms. The summed E-state index contributed by atoms with van der Waals surface area (Å²) >= 11 is 0.